The van der Waals surface area contributed by atoms with E-state index in [-0.39, 0.29) is 12.0 Å². The van der Waals surface area contributed by atoms with Gasteiger partial charge in [-0.1, -0.05) is 18.2 Å². The maximum absolute atomic E-state index is 11.5. The quantitative estimate of drug-likeness (QED) is 0.873. The molecular formula is C20H24N2O3. The molecule has 132 valence electrons. The summed E-state index contributed by atoms with van der Waals surface area (Å²) < 4.78 is 5.53. The fourth-order valence-corrected chi connectivity index (χ4v) is 3.46. The van der Waals surface area contributed by atoms with E-state index < -0.39 is 5.97 Å². The summed E-state index contributed by atoms with van der Waals surface area (Å²) in [6.45, 7) is 4.02. The lowest BCUT2D eigenvalue weighted by atomic mass is 9.93. The summed E-state index contributed by atoms with van der Waals surface area (Å²) in [4.78, 5) is 18.2. The second-order valence-corrected chi connectivity index (χ2v) is 6.33. The van der Waals surface area contributed by atoms with Gasteiger partial charge < -0.3 is 9.84 Å². The number of hydrogen-bond donors (Lipinski definition) is 1. The van der Waals surface area contributed by atoms with Gasteiger partial charge in [0.05, 0.1) is 24.3 Å². The number of ether oxygens (including phenoxy) is 1. The van der Waals surface area contributed by atoms with E-state index in [0.717, 1.165) is 36.4 Å². The van der Waals surface area contributed by atoms with E-state index in [1.54, 1.807) is 6.20 Å². The van der Waals surface area contributed by atoms with Gasteiger partial charge in [-0.2, -0.15) is 0 Å². The third-order valence-corrected chi connectivity index (χ3v) is 4.64. The van der Waals surface area contributed by atoms with E-state index in [1.165, 1.54) is 0 Å². The van der Waals surface area contributed by atoms with E-state index >= 15 is 0 Å². The maximum Gasteiger partial charge on any atom is 0.307 e. The molecule has 5 nitrogen and oxygen atoms in total. The normalized spacial score (nSPS) is 19.3. The molecule has 2 atom stereocenters. The molecule has 0 amide bonds. The highest BCUT2D eigenvalue weighted by Crippen LogP contribution is 2.32. The summed E-state index contributed by atoms with van der Waals surface area (Å²) in [5, 5.41) is 9.42. The lowest BCUT2D eigenvalue weighted by Crippen LogP contribution is -2.41. The molecule has 2 heterocycles. The van der Waals surface area contributed by atoms with Crippen LogP contribution in [0.15, 0.2) is 48.7 Å². The van der Waals surface area contributed by atoms with Crippen LogP contribution in [0.1, 0.15) is 37.1 Å². The zero-order valence-corrected chi connectivity index (χ0v) is 14.5. The molecule has 0 radical (unpaired) electrons. The number of aliphatic carboxylic acids is 1. The van der Waals surface area contributed by atoms with Crippen LogP contribution in [0, 0.1) is 5.92 Å². The van der Waals surface area contributed by atoms with E-state index in [9.17, 15) is 9.90 Å². The number of benzene rings is 1. The number of rotatable bonds is 6. The first-order valence-corrected chi connectivity index (χ1v) is 8.79. The third-order valence-electron chi connectivity index (χ3n) is 4.64. The van der Waals surface area contributed by atoms with Crippen LogP contribution in [0.5, 0.6) is 5.75 Å². The van der Waals surface area contributed by atoms with Crippen molar-refractivity contribution in [2.24, 2.45) is 5.92 Å². The van der Waals surface area contributed by atoms with Crippen LogP contribution in [0.25, 0.3) is 0 Å². The Kier molecular flexibility index (Phi) is 5.66. The third kappa shape index (κ3) is 4.17. The first-order valence-electron chi connectivity index (χ1n) is 8.79. The first kappa shape index (κ1) is 17.4. The molecule has 1 aromatic carbocycles. The molecule has 3 rings (SSSR count). The Hall–Kier alpha value is -2.40. The van der Waals surface area contributed by atoms with E-state index in [2.05, 4.69) is 22.0 Å². The van der Waals surface area contributed by atoms with Gasteiger partial charge in [-0.15, -0.1) is 0 Å². The molecule has 0 bridgehead atoms. The summed E-state index contributed by atoms with van der Waals surface area (Å²) in [5.74, 6) is -0.188. The van der Waals surface area contributed by atoms with Crippen molar-refractivity contribution in [3.63, 3.8) is 0 Å². The summed E-state index contributed by atoms with van der Waals surface area (Å²) in [6.07, 6.45) is 3.41. The fraction of sp³-hybridized carbons (Fsp3) is 0.400. The molecule has 25 heavy (non-hydrogen) atoms. The lowest BCUT2D eigenvalue weighted by molar-refractivity contribution is -0.143. The molecular weight excluding hydrogens is 316 g/mol. The number of nitrogens with zero attached hydrogens (tertiary/aromatic N) is 2. The van der Waals surface area contributed by atoms with Crippen LogP contribution in [0.2, 0.25) is 0 Å². The molecule has 0 saturated carbocycles. The van der Waals surface area contributed by atoms with Crippen molar-refractivity contribution in [3.05, 3.63) is 59.9 Å². The van der Waals surface area contributed by atoms with Crippen molar-refractivity contribution >= 4 is 5.97 Å². The molecule has 1 N–H and O–H groups in total. The lowest BCUT2D eigenvalue weighted by Gasteiger charge is -2.37. The van der Waals surface area contributed by atoms with Crippen molar-refractivity contribution in [2.45, 2.75) is 25.8 Å². The van der Waals surface area contributed by atoms with Crippen molar-refractivity contribution in [1.29, 1.82) is 0 Å². The number of aromatic nitrogens is 1. The van der Waals surface area contributed by atoms with Crippen LogP contribution in [-0.2, 0) is 4.79 Å². The number of carbonyl (C=O) groups is 1. The van der Waals surface area contributed by atoms with Crippen molar-refractivity contribution in [3.8, 4) is 5.75 Å². The van der Waals surface area contributed by atoms with Gasteiger partial charge in [0.1, 0.15) is 5.75 Å². The highest BCUT2D eigenvalue weighted by Gasteiger charge is 2.31. The van der Waals surface area contributed by atoms with Gasteiger partial charge in [-0.3, -0.25) is 14.7 Å². The smallest absolute Gasteiger partial charge is 0.307 e. The minimum absolute atomic E-state index is 0.0426. The summed E-state index contributed by atoms with van der Waals surface area (Å²) >= 11 is 0. The van der Waals surface area contributed by atoms with E-state index in [4.69, 9.17) is 4.74 Å². The molecule has 1 fully saturated rings. The van der Waals surface area contributed by atoms with Crippen LogP contribution < -0.4 is 4.74 Å². The van der Waals surface area contributed by atoms with Crippen LogP contribution in [0.4, 0.5) is 0 Å². The fourth-order valence-electron chi connectivity index (χ4n) is 3.46. The van der Waals surface area contributed by atoms with Crippen molar-refractivity contribution < 1.29 is 14.6 Å². The van der Waals surface area contributed by atoms with Gasteiger partial charge >= 0.3 is 5.97 Å². The monoisotopic (exact) mass is 340 g/mol. The number of carboxylic acid groups (broad SMARTS) is 1. The highest BCUT2D eigenvalue weighted by atomic mass is 16.5. The average Bonchev–Trinajstić information content (AvgIpc) is 2.65. The minimum Gasteiger partial charge on any atom is -0.494 e. The standard InChI is InChI=1S/C20H24N2O3/c1-2-25-17-10-8-15(9-11-17)19(18-7-3-4-12-21-18)22-13-5-6-16(14-22)20(23)24/h3-4,7-12,16,19H,2,5-6,13-14H2,1H3,(H,23,24). The Labute approximate surface area is 148 Å². The van der Waals surface area contributed by atoms with Gasteiger partial charge in [0, 0.05) is 12.7 Å². The topological polar surface area (TPSA) is 62.7 Å². The highest BCUT2D eigenvalue weighted by molar-refractivity contribution is 5.70. The van der Waals surface area contributed by atoms with E-state index in [1.807, 2.05) is 37.3 Å². The van der Waals surface area contributed by atoms with Gasteiger partial charge in [0.25, 0.3) is 0 Å². The summed E-state index contributed by atoms with van der Waals surface area (Å²) in [5.41, 5.74) is 2.05. The molecule has 1 aromatic heterocycles. The Bertz CT molecular complexity index is 688. The number of carboxylic acids is 1. The second-order valence-electron chi connectivity index (χ2n) is 6.33. The molecule has 1 saturated heterocycles. The minimum atomic E-state index is -0.712. The molecule has 1 aliphatic rings. The summed E-state index contributed by atoms with van der Waals surface area (Å²) in [7, 11) is 0. The van der Waals surface area contributed by atoms with Crippen LogP contribution in [0.3, 0.4) is 0 Å². The zero-order chi connectivity index (χ0) is 17.6. The van der Waals surface area contributed by atoms with Crippen LogP contribution >= 0.6 is 0 Å². The molecule has 0 aliphatic carbocycles. The molecule has 2 aromatic rings. The van der Waals surface area contributed by atoms with Gasteiger partial charge in [-0.05, 0) is 56.1 Å². The largest absolute Gasteiger partial charge is 0.494 e. The number of pyridine rings is 1. The van der Waals surface area contributed by atoms with E-state index in [0.29, 0.717) is 13.2 Å². The first-order chi connectivity index (χ1) is 12.2. The second kappa shape index (κ2) is 8.12. The Morgan fingerprint density at radius 2 is 2.12 bits per heavy atom. The zero-order valence-electron chi connectivity index (χ0n) is 14.5. The van der Waals surface area contributed by atoms with Crippen LogP contribution in [-0.4, -0.2) is 40.7 Å². The Morgan fingerprint density at radius 1 is 1.32 bits per heavy atom. The molecule has 2 unspecified atom stereocenters. The average molecular weight is 340 g/mol. The Balaban J connectivity index is 1.91. The Morgan fingerprint density at radius 3 is 2.76 bits per heavy atom. The molecule has 0 spiro atoms. The SMILES string of the molecule is CCOc1ccc(C(c2ccccn2)N2CCCC(C(=O)O)C2)cc1. The van der Waals surface area contributed by atoms with Gasteiger partial charge in [0.15, 0.2) is 0 Å². The number of likely N-dealkylation sites (tertiary alicyclic amines) is 1. The predicted octanol–water partition coefficient (Wildman–Crippen LogP) is 3.37. The molecule has 1 aliphatic heterocycles. The van der Waals surface area contributed by atoms with Gasteiger partial charge in [-0.25, -0.2) is 0 Å². The number of piperidine rings is 1. The summed E-state index contributed by atoms with van der Waals surface area (Å²) in [6, 6.07) is 13.9. The van der Waals surface area contributed by atoms with Gasteiger partial charge in [0.2, 0.25) is 0 Å². The number of hydrogen-bond acceptors (Lipinski definition) is 4. The maximum atomic E-state index is 11.5. The van der Waals surface area contributed by atoms with Crippen molar-refractivity contribution in [1.82, 2.24) is 9.88 Å². The van der Waals surface area contributed by atoms with Crippen molar-refractivity contribution in [2.75, 3.05) is 19.7 Å². The molecule has 5 heteroatoms. The predicted molar refractivity (Wildman–Crippen MR) is 95.6 cm³/mol.